The van der Waals surface area contributed by atoms with Gasteiger partial charge in [-0.15, -0.1) is 0 Å². The van der Waals surface area contributed by atoms with Crippen molar-refractivity contribution in [1.82, 2.24) is 8.87 Å². The van der Waals surface area contributed by atoms with Crippen molar-refractivity contribution in [3.05, 3.63) is 27.9 Å². The van der Waals surface area contributed by atoms with Gasteiger partial charge in [0.15, 0.2) is 0 Å². The molecule has 136 valence electrons. The Kier molecular flexibility index (Phi) is 4.99. The van der Waals surface area contributed by atoms with E-state index < -0.39 is 10.0 Å². The average molecular weight is 383 g/mol. The fraction of sp³-hybridized carbons (Fsp3) is 0.500. The highest BCUT2D eigenvalue weighted by Crippen LogP contribution is 2.24. The number of amides is 1. The Morgan fingerprint density at radius 1 is 1.32 bits per heavy atom. The van der Waals surface area contributed by atoms with Crippen molar-refractivity contribution >= 4 is 43.2 Å². The Balaban J connectivity index is 1.69. The summed E-state index contributed by atoms with van der Waals surface area (Å²) >= 11 is 1.17. The standard InChI is InChI=1S/C16H21N3O4S2/c1-3-19-13-5-4-12(10-14(13)24-16(19)21)17-15(20)11-6-8-18(9-7-11)25(2,22)23/h4-5,10-11H,3,6-9H2,1-2H3,(H,17,20). The molecule has 0 aliphatic carbocycles. The first-order chi connectivity index (χ1) is 11.8. The summed E-state index contributed by atoms with van der Waals surface area (Å²) in [5.41, 5.74) is 1.53. The van der Waals surface area contributed by atoms with Crippen LogP contribution in [-0.2, 0) is 21.4 Å². The number of rotatable bonds is 4. The molecular formula is C16H21N3O4S2. The van der Waals surface area contributed by atoms with Gasteiger partial charge in [-0.1, -0.05) is 11.3 Å². The van der Waals surface area contributed by atoms with Crippen LogP contribution in [0.3, 0.4) is 0 Å². The van der Waals surface area contributed by atoms with E-state index in [1.54, 1.807) is 10.6 Å². The number of fused-ring (bicyclic) bond motifs is 1. The number of benzene rings is 1. The Hall–Kier alpha value is -1.71. The summed E-state index contributed by atoms with van der Waals surface area (Å²) in [6, 6.07) is 5.46. The van der Waals surface area contributed by atoms with Crippen LogP contribution in [-0.4, -0.2) is 42.5 Å². The van der Waals surface area contributed by atoms with Gasteiger partial charge >= 0.3 is 4.87 Å². The molecule has 1 aliphatic rings. The lowest BCUT2D eigenvalue weighted by Crippen LogP contribution is -2.40. The third-order valence-corrected chi connectivity index (χ3v) is 6.79. The van der Waals surface area contributed by atoms with Crippen LogP contribution in [0.5, 0.6) is 0 Å². The maximum absolute atomic E-state index is 12.4. The molecule has 1 aromatic carbocycles. The van der Waals surface area contributed by atoms with E-state index in [0.717, 1.165) is 10.2 Å². The van der Waals surface area contributed by atoms with E-state index in [0.29, 0.717) is 38.2 Å². The lowest BCUT2D eigenvalue weighted by Gasteiger charge is -2.29. The second-order valence-corrected chi connectivity index (χ2v) is 9.20. The molecule has 9 heteroatoms. The fourth-order valence-corrected chi connectivity index (χ4v) is 5.01. The predicted octanol–water partition coefficient (Wildman–Crippen LogP) is 1.69. The minimum Gasteiger partial charge on any atom is -0.326 e. The van der Waals surface area contributed by atoms with Gasteiger partial charge in [-0.25, -0.2) is 12.7 Å². The SMILES string of the molecule is CCn1c(=O)sc2cc(NC(=O)C3CCN(S(C)(=O)=O)CC3)ccc21. The first-order valence-electron chi connectivity index (χ1n) is 8.19. The molecular weight excluding hydrogens is 362 g/mol. The fourth-order valence-electron chi connectivity index (χ4n) is 3.14. The number of hydrogen-bond acceptors (Lipinski definition) is 5. The van der Waals surface area contributed by atoms with Gasteiger partial charge in [0.2, 0.25) is 15.9 Å². The highest BCUT2D eigenvalue weighted by Gasteiger charge is 2.29. The van der Waals surface area contributed by atoms with Crippen LogP contribution in [0.25, 0.3) is 10.2 Å². The number of nitrogens with zero attached hydrogens (tertiary/aromatic N) is 2. The average Bonchev–Trinajstić information content (AvgIpc) is 2.88. The molecule has 0 atom stereocenters. The van der Waals surface area contributed by atoms with Crippen LogP contribution in [0, 0.1) is 5.92 Å². The highest BCUT2D eigenvalue weighted by molar-refractivity contribution is 7.88. The summed E-state index contributed by atoms with van der Waals surface area (Å²) < 4.78 is 27.0. The van der Waals surface area contributed by atoms with Crippen molar-refractivity contribution in [3.63, 3.8) is 0 Å². The van der Waals surface area contributed by atoms with E-state index in [-0.39, 0.29) is 16.7 Å². The molecule has 3 rings (SSSR count). The number of thiazole rings is 1. The minimum atomic E-state index is -3.19. The molecule has 1 aromatic heterocycles. The van der Waals surface area contributed by atoms with E-state index in [1.807, 2.05) is 19.1 Å². The number of aryl methyl sites for hydroxylation is 1. The zero-order valence-corrected chi connectivity index (χ0v) is 15.8. The Morgan fingerprint density at radius 2 is 2.00 bits per heavy atom. The van der Waals surface area contributed by atoms with Crippen molar-refractivity contribution in [2.45, 2.75) is 26.3 Å². The molecule has 0 unspecified atom stereocenters. The normalized spacial score (nSPS) is 17.0. The lowest BCUT2D eigenvalue weighted by molar-refractivity contribution is -0.120. The summed E-state index contributed by atoms with van der Waals surface area (Å²) in [6.07, 6.45) is 2.22. The van der Waals surface area contributed by atoms with Gasteiger partial charge in [-0.2, -0.15) is 0 Å². The first kappa shape index (κ1) is 18.1. The van der Waals surface area contributed by atoms with E-state index in [2.05, 4.69) is 5.32 Å². The zero-order valence-electron chi connectivity index (χ0n) is 14.2. The second kappa shape index (κ2) is 6.89. The Morgan fingerprint density at radius 3 is 2.60 bits per heavy atom. The van der Waals surface area contributed by atoms with Crippen LogP contribution in [0.4, 0.5) is 5.69 Å². The number of aromatic nitrogens is 1. The van der Waals surface area contributed by atoms with Crippen LogP contribution in [0.15, 0.2) is 23.0 Å². The van der Waals surface area contributed by atoms with Crippen molar-refractivity contribution in [2.75, 3.05) is 24.7 Å². The monoisotopic (exact) mass is 383 g/mol. The van der Waals surface area contributed by atoms with Crippen molar-refractivity contribution in [2.24, 2.45) is 5.92 Å². The molecule has 0 spiro atoms. The number of hydrogen-bond donors (Lipinski definition) is 1. The quantitative estimate of drug-likeness (QED) is 0.870. The van der Waals surface area contributed by atoms with Gasteiger partial charge in [0.1, 0.15) is 0 Å². The Labute approximate surface area is 150 Å². The summed E-state index contributed by atoms with van der Waals surface area (Å²) in [5.74, 6) is -0.303. The van der Waals surface area contributed by atoms with Gasteiger partial charge < -0.3 is 5.32 Å². The molecule has 0 saturated carbocycles. The van der Waals surface area contributed by atoms with E-state index in [1.165, 1.54) is 21.9 Å². The number of carbonyl (C=O) groups excluding carboxylic acids is 1. The highest BCUT2D eigenvalue weighted by atomic mass is 32.2. The van der Waals surface area contributed by atoms with Gasteiger partial charge in [0.05, 0.1) is 16.5 Å². The number of piperidine rings is 1. The molecule has 1 N–H and O–H groups in total. The van der Waals surface area contributed by atoms with Gasteiger partial charge in [0, 0.05) is 31.2 Å². The molecule has 7 nitrogen and oxygen atoms in total. The van der Waals surface area contributed by atoms with Crippen molar-refractivity contribution in [1.29, 1.82) is 0 Å². The van der Waals surface area contributed by atoms with Crippen LogP contribution < -0.4 is 10.2 Å². The lowest BCUT2D eigenvalue weighted by atomic mass is 9.97. The van der Waals surface area contributed by atoms with E-state index in [4.69, 9.17) is 0 Å². The number of carbonyl (C=O) groups is 1. The molecule has 2 heterocycles. The zero-order chi connectivity index (χ0) is 18.2. The molecule has 25 heavy (non-hydrogen) atoms. The number of nitrogens with one attached hydrogen (secondary N) is 1. The Bertz CT molecular complexity index is 953. The van der Waals surface area contributed by atoms with Crippen LogP contribution >= 0.6 is 11.3 Å². The molecule has 0 bridgehead atoms. The third-order valence-electron chi connectivity index (χ3n) is 4.55. The van der Waals surface area contributed by atoms with E-state index >= 15 is 0 Å². The maximum Gasteiger partial charge on any atom is 0.308 e. The second-order valence-electron chi connectivity index (χ2n) is 6.22. The summed E-state index contributed by atoms with van der Waals surface area (Å²) in [4.78, 5) is 24.3. The topological polar surface area (TPSA) is 88.5 Å². The molecule has 1 aliphatic heterocycles. The number of sulfonamides is 1. The van der Waals surface area contributed by atoms with Crippen LogP contribution in [0.2, 0.25) is 0 Å². The molecule has 2 aromatic rings. The third kappa shape index (κ3) is 3.78. The smallest absolute Gasteiger partial charge is 0.308 e. The summed E-state index contributed by atoms with van der Waals surface area (Å²) in [6.45, 7) is 3.28. The predicted molar refractivity (Wildman–Crippen MR) is 99.5 cm³/mol. The first-order valence-corrected chi connectivity index (χ1v) is 10.9. The van der Waals surface area contributed by atoms with Crippen molar-refractivity contribution < 1.29 is 13.2 Å². The van der Waals surface area contributed by atoms with Gasteiger partial charge in [0.25, 0.3) is 0 Å². The van der Waals surface area contributed by atoms with Gasteiger partial charge in [-0.3, -0.25) is 14.2 Å². The minimum absolute atomic E-state index is 0.00544. The molecule has 1 saturated heterocycles. The summed E-state index contributed by atoms with van der Waals surface area (Å²) in [7, 11) is -3.19. The molecule has 1 fully saturated rings. The molecule has 0 radical (unpaired) electrons. The van der Waals surface area contributed by atoms with E-state index in [9.17, 15) is 18.0 Å². The number of anilines is 1. The van der Waals surface area contributed by atoms with Crippen LogP contribution in [0.1, 0.15) is 19.8 Å². The summed E-state index contributed by atoms with van der Waals surface area (Å²) in [5, 5.41) is 2.89. The van der Waals surface area contributed by atoms with Crippen molar-refractivity contribution in [3.8, 4) is 0 Å². The maximum atomic E-state index is 12.4. The van der Waals surface area contributed by atoms with Gasteiger partial charge in [-0.05, 0) is 38.0 Å². The largest absolute Gasteiger partial charge is 0.326 e. The molecule has 1 amide bonds.